The molecule has 90 valence electrons. The Kier molecular flexibility index (Phi) is 2.44. The molecule has 18 heavy (non-hydrogen) atoms. The lowest BCUT2D eigenvalue weighted by atomic mass is 10.2. The Morgan fingerprint density at radius 2 is 2.17 bits per heavy atom. The average Bonchev–Trinajstić information content (AvgIpc) is 2.66. The van der Waals surface area contributed by atoms with Gasteiger partial charge in [0, 0.05) is 6.20 Å². The highest BCUT2D eigenvalue weighted by molar-refractivity contribution is 5.77. The molecule has 5 heteroatoms. The Morgan fingerprint density at radius 1 is 1.28 bits per heavy atom. The lowest BCUT2D eigenvalue weighted by Crippen LogP contribution is -2.04. The van der Waals surface area contributed by atoms with E-state index in [9.17, 15) is 4.39 Å². The molecule has 2 heterocycles. The molecule has 0 spiro atoms. The highest BCUT2D eigenvalue weighted by Crippen LogP contribution is 2.18. The lowest BCUT2D eigenvalue weighted by molar-refractivity contribution is 0.624. The van der Waals surface area contributed by atoms with Gasteiger partial charge in [0.1, 0.15) is 11.3 Å². The molecule has 2 N–H and O–H groups in total. The summed E-state index contributed by atoms with van der Waals surface area (Å²) in [6.07, 6.45) is 3.35. The van der Waals surface area contributed by atoms with Crippen molar-refractivity contribution in [1.29, 1.82) is 0 Å². The van der Waals surface area contributed by atoms with Crippen molar-refractivity contribution in [2.75, 3.05) is 5.73 Å². The van der Waals surface area contributed by atoms with Gasteiger partial charge in [0.05, 0.1) is 18.3 Å². The monoisotopic (exact) mass is 242 g/mol. The Balaban J connectivity index is 2.07. The molecule has 0 aliphatic rings. The number of fused-ring (bicyclic) bond motifs is 1. The van der Waals surface area contributed by atoms with Crippen molar-refractivity contribution >= 4 is 17.0 Å². The van der Waals surface area contributed by atoms with Gasteiger partial charge in [-0.15, -0.1) is 0 Å². The molecule has 0 fully saturated rings. The van der Waals surface area contributed by atoms with E-state index in [2.05, 4.69) is 9.97 Å². The van der Waals surface area contributed by atoms with E-state index >= 15 is 0 Å². The van der Waals surface area contributed by atoms with Crippen LogP contribution < -0.4 is 5.73 Å². The first-order chi connectivity index (χ1) is 8.74. The van der Waals surface area contributed by atoms with Crippen molar-refractivity contribution in [3.05, 3.63) is 54.1 Å². The third-order valence-electron chi connectivity index (χ3n) is 2.81. The predicted octanol–water partition coefficient (Wildman–Crippen LogP) is 2.20. The zero-order valence-electron chi connectivity index (χ0n) is 9.55. The number of nitrogen functional groups attached to an aromatic ring is 1. The number of halogens is 1. The van der Waals surface area contributed by atoms with Crippen LogP contribution in [0.25, 0.3) is 11.0 Å². The molecule has 0 radical (unpaired) electrons. The van der Waals surface area contributed by atoms with Crippen LogP contribution in [0.2, 0.25) is 0 Å². The van der Waals surface area contributed by atoms with Crippen molar-refractivity contribution in [3.8, 4) is 0 Å². The summed E-state index contributed by atoms with van der Waals surface area (Å²) in [5.74, 6) is 0.152. The van der Waals surface area contributed by atoms with E-state index in [4.69, 9.17) is 5.73 Å². The fourth-order valence-corrected chi connectivity index (χ4v) is 1.98. The largest absolute Gasteiger partial charge is 0.369 e. The second-order valence-corrected chi connectivity index (χ2v) is 4.05. The van der Waals surface area contributed by atoms with Crippen LogP contribution in [0.1, 0.15) is 5.56 Å². The zero-order valence-corrected chi connectivity index (χ0v) is 9.55. The number of nitrogens with zero attached hydrogens (tertiary/aromatic N) is 3. The summed E-state index contributed by atoms with van der Waals surface area (Å²) in [5, 5.41) is 0. The quantitative estimate of drug-likeness (QED) is 0.749. The molecule has 3 rings (SSSR count). The van der Waals surface area contributed by atoms with Crippen LogP contribution in [-0.4, -0.2) is 14.5 Å². The number of nitrogens with two attached hydrogens (primary N) is 1. The predicted molar refractivity (Wildman–Crippen MR) is 67.4 cm³/mol. The first kappa shape index (κ1) is 10.7. The smallest absolute Gasteiger partial charge is 0.201 e. The van der Waals surface area contributed by atoms with Crippen molar-refractivity contribution in [3.63, 3.8) is 0 Å². The Bertz CT molecular complexity index is 705. The summed E-state index contributed by atoms with van der Waals surface area (Å²) in [4.78, 5) is 8.21. The molecule has 0 saturated carbocycles. The fourth-order valence-electron chi connectivity index (χ4n) is 1.98. The number of hydrogen-bond donors (Lipinski definition) is 1. The number of aromatic nitrogens is 3. The van der Waals surface area contributed by atoms with Crippen LogP contribution in [0.5, 0.6) is 0 Å². The third-order valence-corrected chi connectivity index (χ3v) is 2.81. The maximum atomic E-state index is 13.1. The summed E-state index contributed by atoms with van der Waals surface area (Å²) in [6.45, 7) is 0.490. The minimum atomic E-state index is -0.253. The van der Waals surface area contributed by atoms with E-state index in [-0.39, 0.29) is 5.82 Å². The standard InChI is InChI=1S/C13H11FN4/c14-10-3-1-2-9(6-10)8-18-12-4-5-16-7-11(12)17-13(18)15/h1-7H,8H2,(H2,15,17). The maximum absolute atomic E-state index is 13.1. The average molecular weight is 242 g/mol. The molecule has 0 atom stereocenters. The molecule has 0 aliphatic carbocycles. The van der Waals surface area contributed by atoms with Crippen LogP contribution in [0.3, 0.4) is 0 Å². The first-order valence-electron chi connectivity index (χ1n) is 5.54. The normalized spacial score (nSPS) is 10.9. The summed E-state index contributed by atoms with van der Waals surface area (Å²) in [5.41, 5.74) is 8.35. The van der Waals surface area contributed by atoms with Crippen molar-refractivity contribution < 1.29 is 4.39 Å². The summed E-state index contributed by atoms with van der Waals surface area (Å²) in [7, 11) is 0. The summed E-state index contributed by atoms with van der Waals surface area (Å²) in [6, 6.07) is 8.30. The van der Waals surface area contributed by atoms with Gasteiger partial charge in [-0.1, -0.05) is 12.1 Å². The van der Waals surface area contributed by atoms with Crippen LogP contribution >= 0.6 is 0 Å². The molecular weight excluding hydrogens is 231 g/mol. The number of benzene rings is 1. The number of rotatable bonds is 2. The van der Waals surface area contributed by atoms with Gasteiger partial charge in [-0.3, -0.25) is 4.98 Å². The summed E-state index contributed by atoms with van der Waals surface area (Å²) >= 11 is 0. The Labute approximate surface area is 103 Å². The molecular formula is C13H11FN4. The number of hydrogen-bond acceptors (Lipinski definition) is 3. The topological polar surface area (TPSA) is 56.7 Å². The first-order valence-corrected chi connectivity index (χ1v) is 5.54. The minimum Gasteiger partial charge on any atom is -0.369 e. The van der Waals surface area contributed by atoms with Crippen LogP contribution in [0.15, 0.2) is 42.7 Å². The maximum Gasteiger partial charge on any atom is 0.201 e. The molecule has 0 aliphatic heterocycles. The molecule has 3 aromatic rings. The molecule has 0 bridgehead atoms. The number of anilines is 1. The van der Waals surface area contributed by atoms with Crippen molar-refractivity contribution in [2.45, 2.75) is 6.54 Å². The van der Waals surface area contributed by atoms with Gasteiger partial charge >= 0.3 is 0 Å². The van der Waals surface area contributed by atoms with Gasteiger partial charge < -0.3 is 10.3 Å². The summed E-state index contributed by atoms with van der Waals surface area (Å²) < 4.78 is 15.0. The zero-order chi connectivity index (χ0) is 12.5. The van der Waals surface area contributed by atoms with E-state index in [0.29, 0.717) is 12.5 Å². The van der Waals surface area contributed by atoms with Crippen LogP contribution in [-0.2, 0) is 6.54 Å². The lowest BCUT2D eigenvalue weighted by Gasteiger charge is -2.06. The van der Waals surface area contributed by atoms with E-state index in [1.165, 1.54) is 12.1 Å². The highest BCUT2D eigenvalue weighted by atomic mass is 19.1. The molecule has 1 aromatic carbocycles. The van der Waals surface area contributed by atoms with E-state index < -0.39 is 0 Å². The van der Waals surface area contributed by atoms with E-state index in [1.54, 1.807) is 18.5 Å². The van der Waals surface area contributed by atoms with Crippen LogP contribution in [0.4, 0.5) is 10.3 Å². The number of pyridine rings is 1. The fraction of sp³-hybridized carbons (Fsp3) is 0.0769. The van der Waals surface area contributed by atoms with Gasteiger partial charge in [0.25, 0.3) is 0 Å². The van der Waals surface area contributed by atoms with E-state index in [1.807, 2.05) is 16.7 Å². The SMILES string of the molecule is Nc1nc2cnccc2n1Cc1cccc(F)c1. The molecule has 2 aromatic heterocycles. The van der Waals surface area contributed by atoms with Gasteiger partial charge in [-0.25, -0.2) is 9.37 Å². The van der Waals surface area contributed by atoms with Crippen LogP contribution in [0, 0.1) is 5.82 Å². The minimum absolute atomic E-state index is 0.253. The Hall–Kier alpha value is -2.43. The highest BCUT2D eigenvalue weighted by Gasteiger charge is 2.08. The van der Waals surface area contributed by atoms with Crippen molar-refractivity contribution in [1.82, 2.24) is 14.5 Å². The van der Waals surface area contributed by atoms with Gasteiger partial charge in [0.2, 0.25) is 5.95 Å². The van der Waals surface area contributed by atoms with Crippen molar-refractivity contribution in [2.24, 2.45) is 0 Å². The molecule has 0 amide bonds. The van der Waals surface area contributed by atoms with Gasteiger partial charge in [-0.05, 0) is 23.8 Å². The second-order valence-electron chi connectivity index (χ2n) is 4.05. The number of imidazole rings is 1. The molecule has 0 unspecified atom stereocenters. The molecule has 4 nitrogen and oxygen atoms in total. The van der Waals surface area contributed by atoms with Gasteiger partial charge in [0.15, 0.2) is 0 Å². The second kappa shape index (κ2) is 4.10. The van der Waals surface area contributed by atoms with E-state index in [0.717, 1.165) is 16.6 Å². The Morgan fingerprint density at radius 3 is 3.00 bits per heavy atom. The third kappa shape index (κ3) is 1.79. The molecule has 0 saturated heterocycles. The van der Waals surface area contributed by atoms with Gasteiger partial charge in [-0.2, -0.15) is 0 Å².